The number of carbonyl (C=O) groups excluding carboxylic acids is 1. The molecule has 1 fully saturated rings. The summed E-state index contributed by atoms with van der Waals surface area (Å²) in [5.74, 6) is -2.08. The number of hydrogen-bond acceptors (Lipinski definition) is 7. The maximum absolute atomic E-state index is 15.2. The molecule has 0 spiro atoms. The fraction of sp³-hybridized carbons (Fsp3) is 0.435. The highest BCUT2D eigenvalue weighted by Crippen LogP contribution is 2.41. The van der Waals surface area contributed by atoms with Crippen LogP contribution in [0.4, 0.5) is 25.0 Å². The number of rotatable bonds is 7. The van der Waals surface area contributed by atoms with E-state index in [4.69, 9.17) is 9.47 Å². The number of halogens is 2. The SMILES string of the molecule is CC(C)(C)OC(=O)Nc1cc(F)c2c(c1)N(S(=O)(=O)c1ccc(F)cc1)CC(CNS(=O)(=O)C1CC1)O2. The predicted octanol–water partition coefficient (Wildman–Crippen LogP) is 3.35. The number of amides is 1. The fourth-order valence-corrected chi connectivity index (χ4v) is 6.54. The van der Waals surface area contributed by atoms with Crippen molar-refractivity contribution in [2.24, 2.45) is 0 Å². The van der Waals surface area contributed by atoms with Gasteiger partial charge in [0.1, 0.15) is 17.5 Å². The molecule has 4 rings (SSSR count). The average molecular weight is 560 g/mol. The van der Waals surface area contributed by atoms with E-state index in [1.807, 2.05) is 0 Å². The fourth-order valence-electron chi connectivity index (χ4n) is 3.63. The number of benzene rings is 2. The zero-order valence-corrected chi connectivity index (χ0v) is 22.0. The van der Waals surface area contributed by atoms with Crippen LogP contribution in [-0.2, 0) is 24.8 Å². The Morgan fingerprint density at radius 1 is 1.11 bits per heavy atom. The Morgan fingerprint density at radius 3 is 2.35 bits per heavy atom. The molecule has 2 N–H and O–H groups in total. The summed E-state index contributed by atoms with van der Waals surface area (Å²) in [5.41, 5.74) is -1.16. The normalized spacial score (nSPS) is 18.1. The zero-order chi connectivity index (χ0) is 27.2. The van der Waals surface area contributed by atoms with E-state index in [0.717, 1.165) is 34.6 Å². The summed E-state index contributed by atoms with van der Waals surface area (Å²) in [6.07, 6.45) is -0.910. The summed E-state index contributed by atoms with van der Waals surface area (Å²) in [5, 5.41) is 1.85. The third-order valence-corrected chi connectivity index (χ3v) is 9.18. The van der Waals surface area contributed by atoms with Gasteiger partial charge in [-0.2, -0.15) is 0 Å². The third kappa shape index (κ3) is 6.30. The second-order valence-electron chi connectivity index (χ2n) is 9.76. The molecule has 0 saturated heterocycles. The van der Waals surface area contributed by atoms with E-state index in [0.29, 0.717) is 12.8 Å². The van der Waals surface area contributed by atoms with E-state index in [9.17, 15) is 26.0 Å². The summed E-state index contributed by atoms with van der Waals surface area (Å²) >= 11 is 0. The Kier molecular flexibility index (Phi) is 7.12. The summed E-state index contributed by atoms with van der Waals surface area (Å²) in [6.45, 7) is 4.24. The topological polar surface area (TPSA) is 131 Å². The number of hydrogen-bond donors (Lipinski definition) is 2. The number of nitrogens with zero attached hydrogens (tertiary/aromatic N) is 1. The van der Waals surface area contributed by atoms with Crippen LogP contribution in [0.5, 0.6) is 5.75 Å². The maximum Gasteiger partial charge on any atom is 0.412 e. The lowest BCUT2D eigenvalue weighted by atomic mass is 10.2. The Labute approximate surface area is 214 Å². The quantitative estimate of drug-likeness (QED) is 0.532. The van der Waals surface area contributed by atoms with Gasteiger partial charge in [-0.05, 0) is 63.9 Å². The first kappa shape index (κ1) is 27.1. The summed E-state index contributed by atoms with van der Waals surface area (Å²) in [7, 11) is -7.99. The lowest BCUT2D eigenvalue weighted by Crippen LogP contribution is -2.49. The molecule has 0 bridgehead atoms. The molecule has 2 aliphatic rings. The van der Waals surface area contributed by atoms with Crippen molar-refractivity contribution < 1.29 is 39.9 Å². The summed E-state index contributed by atoms with van der Waals surface area (Å²) < 4.78 is 94.3. The number of carbonyl (C=O) groups is 1. The van der Waals surface area contributed by atoms with Crippen molar-refractivity contribution in [3.8, 4) is 5.75 Å². The van der Waals surface area contributed by atoms with Gasteiger partial charge in [-0.25, -0.2) is 35.1 Å². The smallest absolute Gasteiger partial charge is 0.412 e. The third-order valence-electron chi connectivity index (χ3n) is 5.47. The lowest BCUT2D eigenvalue weighted by Gasteiger charge is -2.36. The Morgan fingerprint density at radius 2 is 1.76 bits per heavy atom. The Bertz CT molecular complexity index is 1410. The van der Waals surface area contributed by atoms with Gasteiger partial charge in [0.25, 0.3) is 10.0 Å². The van der Waals surface area contributed by atoms with E-state index in [1.54, 1.807) is 20.8 Å². The average Bonchev–Trinajstić information content (AvgIpc) is 3.63. The number of fused-ring (bicyclic) bond motifs is 1. The van der Waals surface area contributed by atoms with Gasteiger partial charge in [0.05, 0.1) is 22.4 Å². The van der Waals surface area contributed by atoms with Crippen LogP contribution in [0.15, 0.2) is 41.3 Å². The molecule has 1 aliphatic heterocycles. The van der Waals surface area contributed by atoms with Gasteiger partial charge in [0.2, 0.25) is 10.0 Å². The van der Waals surface area contributed by atoms with Crippen molar-refractivity contribution in [1.82, 2.24) is 4.72 Å². The molecular weight excluding hydrogens is 532 g/mol. The van der Waals surface area contributed by atoms with Crippen molar-refractivity contribution in [2.75, 3.05) is 22.7 Å². The van der Waals surface area contributed by atoms with Gasteiger partial charge in [-0.15, -0.1) is 0 Å². The highest BCUT2D eigenvalue weighted by atomic mass is 32.2. The van der Waals surface area contributed by atoms with E-state index < -0.39 is 60.5 Å². The molecular formula is C23H27F2N3O7S2. The van der Waals surface area contributed by atoms with E-state index in [-0.39, 0.29) is 29.4 Å². The molecule has 0 aromatic heterocycles. The maximum atomic E-state index is 15.2. The van der Waals surface area contributed by atoms with Gasteiger partial charge in [-0.1, -0.05) is 0 Å². The first-order valence-electron chi connectivity index (χ1n) is 11.4. The van der Waals surface area contributed by atoms with Crippen molar-refractivity contribution >= 4 is 37.5 Å². The van der Waals surface area contributed by atoms with Crippen molar-refractivity contribution in [2.45, 2.75) is 55.5 Å². The van der Waals surface area contributed by atoms with Crippen LogP contribution in [0, 0.1) is 11.6 Å². The molecule has 1 saturated carbocycles. The van der Waals surface area contributed by atoms with Gasteiger partial charge >= 0.3 is 6.09 Å². The molecule has 1 unspecified atom stereocenters. The molecule has 0 radical (unpaired) electrons. The number of nitrogens with one attached hydrogen (secondary N) is 2. The van der Waals surface area contributed by atoms with Gasteiger partial charge < -0.3 is 9.47 Å². The highest BCUT2D eigenvalue weighted by Gasteiger charge is 2.39. The molecule has 1 aliphatic carbocycles. The van der Waals surface area contributed by atoms with Crippen LogP contribution in [0.2, 0.25) is 0 Å². The monoisotopic (exact) mass is 559 g/mol. The van der Waals surface area contributed by atoms with Crippen molar-refractivity contribution in [3.63, 3.8) is 0 Å². The van der Waals surface area contributed by atoms with Crippen LogP contribution < -0.4 is 19.1 Å². The van der Waals surface area contributed by atoms with Gasteiger partial charge in [-0.3, -0.25) is 9.62 Å². The van der Waals surface area contributed by atoms with Crippen LogP contribution >= 0.6 is 0 Å². The van der Waals surface area contributed by atoms with Crippen LogP contribution in [0.3, 0.4) is 0 Å². The second-order valence-corrected chi connectivity index (χ2v) is 13.7. The molecule has 1 amide bonds. The summed E-state index contributed by atoms with van der Waals surface area (Å²) in [4.78, 5) is 11.9. The minimum atomic E-state index is -4.37. The van der Waals surface area contributed by atoms with E-state index in [2.05, 4.69) is 10.0 Å². The van der Waals surface area contributed by atoms with Crippen LogP contribution in [-0.4, -0.2) is 53.0 Å². The molecule has 1 heterocycles. The molecule has 37 heavy (non-hydrogen) atoms. The number of sulfonamides is 2. The Hall–Kier alpha value is -2.97. The molecule has 2 aromatic carbocycles. The standard InChI is InChI=1S/C23H27F2N3O7S2/c1-23(2,3)35-22(29)27-15-10-19(25)21-20(11-15)28(37(32,33)18-6-4-14(24)5-7-18)13-16(34-21)12-26-36(30,31)17-8-9-17/h4-7,10-11,16-17,26H,8-9,12-13H2,1-3H3,(H,27,29). The predicted molar refractivity (Wildman–Crippen MR) is 132 cm³/mol. The first-order chi connectivity index (χ1) is 17.2. The highest BCUT2D eigenvalue weighted by molar-refractivity contribution is 7.92. The van der Waals surface area contributed by atoms with E-state index in [1.165, 1.54) is 6.07 Å². The molecule has 14 heteroatoms. The second kappa shape index (κ2) is 9.72. The molecule has 2 aromatic rings. The van der Waals surface area contributed by atoms with Crippen molar-refractivity contribution in [3.05, 3.63) is 48.0 Å². The van der Waals surface area contributed by atoms with Gasteiger partial charge in [0, 0.05) is 18.3 Å². The lowest BCUT2D eigenvalue weighted by molar-refractivity contribution is 0.0636. The number of anilines is 2. The van der Waals surface area contributed by atoms with Crippen LogP contribution in [0.1, 0.15) is 33.6 Å². The minimum Gasteiger partial charge on any atom is -0.482 e. The molecule has 1 atom stereocenters. The first-order valence-corrected chi connectivity index (χ1v) is 14.4. The van der Waals surface area contributed by atoms with Crippen LogP contribution in [0.25, 0.3) is 0 Å². The van der Waals surface area contributed by atoms with E-state index >= 15 is 4.39 Å². The minimum absolute atomic E-state index is 0.0960. The molecule has 10 nitrogen and oxygen atoms in total. The zero-order valence-electron chi connectivity index (χ0n) is 20.3. The molecule has 202 valence electrons. The van der Waals surface area contributed by atoms with Gasteiger partial charge in [0.15, 0.2) is 11.6 Å². The van der Waals surface area contributed by atoms with Crippen molar-refractivity contribution in [1.29, 1.82) is 0 Å². The summed E-state index contributed by atoms with van der Waals surface area (Å²) in [6, 6.07) is 6.19. The number of ether oxygens (including phenoxy) is 2. The Balaban J connectivity index is 1.70. The largest absolute Gasteiger partial charge is 0.482 e.